The average Bonchev–Trinajstić information content (AvgIpc) is 2.57. The van der Waals surface area contributed by atoms with Crippen molar-refractivity contribution < 1.29 is 20.4 Å². The molecule has 0 heterocycles. The summed E-state index contributed by atoms with van der Waals surface area (Å²) in [5, 5.41) is 35.0. The Morgan fingerprint density at radius 1 is 0.652 bits per heavy atom. The van der Waals surface area contributed by atoms with Crippen LogP contribution in [0.15, 0.2) is 54.6 Å². The third-order valence-electron chi connectivity index (χ3n) is 3.24. The summed E-state index contributed by atoms with van der Waals surface area (Å²) in [6, 6.07) is 17.2. The number of para-hydroxylation sites is 1. The van der Waals surface area contributed by atoms with E-state index in [1.54, 1.807) is 11.0 Å². The van der Waals surface area contributed by atoms with E-state index in [4.69, 9.17) is 15.3 Å². The first-order chi connectivity index (χ1) is 11.2. The van der Waals surface area contributed by atoms with E-state index < -0.39 is 0 Å². The fourth-order valence-corrected chi connectivity index (χ4v) is 2.10. The van der Waals surface area contributed by atoms with E-state index in [1.807, 2.05) is 48.5 Å². The number of benzene rings is 2. The van der Waals surface area contributed by atoms with E-state index in [0.29, 0.717) is 25.4 Å². The SMILES string of the molecule is OCCN(CCO)CCO.Oc1ccccc1-c1ccccc1. The quantitative estimate of drug-likeness (QED) is 0.619. The largest absolute Gasteiger partial charge is 0.507 e. The molecule has 0 fully saturated rings. The number of aliphatic hydroxyl groups is 3. The topological polar surface area (TPSA) is 84.2 Å². The van der Waals surface area contributed by atoms with Crippen LogP contribution in [0.2, 0.25) is 0 Å². The molecule has 0 saturated carbocycles. The van der Waals surface area contributed by atoms with Gasteiger partial charge in [-0.2, -0.15) is 0 Å². The number of phenolic OH excluding ortho intramolecular Hbond substituents is 1. The Hall–Kier alpha value is -1.92. The number of aliphatic hydroxyl groups excluding tert-OH is 3. The minimum atomic E-state index is 0.0694. The van der Waals surface area contributed by atoms with Gasteiger partial charge < -0.3 is 20.4 Å². The Morgan fingerprint density at radius 2 is 1.13 bits per heavy atom. The summed E-state index contributed by atoms with van der Waals surface area (Å²) in [5.74, 6) is 0.328. The van der Waals surface area contributed by atoms with Crippen molar-refractivity contribution in [3.63, 3.8) is 0 Å². The fourth-order valence-electron chi connectivity index (χ4n) is 2.10. The maximum absolute atomic E-state index is 9.56. The predicted octanol–water partition coefficient (Wildman–Crippen LogP) is 1.32. The van der Waals surface area contributed by atoms with Gasteiger partial charge in [0.05, 0.1) is 19.8 Å². The van der Waals surface area contributed by atoms with E-state index >= 15 is 0 Å². The molecular weight excluding hydrogens is 294 g/mol. The number of hydrogen-bond acceptors (Lipinski definition) is 5. The van der Waals surface area contributed by atoms with Gasteiger partial charge in [0.1, 0.15) is 5.75 Å². The molecule has 0 aromatic heterocycles. The molecular formula is C18H25NO4. The molecule has 0 saturated heterocycles. The molecule has 0 aliphatic heterocycles. The molecule has 0 aliphatic carbocycles. The zero-order valence-corrected chi connectivity index (χ0v) is 13.2. The van der Waals surface area contributed by atoms with Crippen LogP contribution >= 0.6 is 0 Å². The summed E-state index contributed by atoms with van der Waals surface area (Å²) >= 11 is 0. The predicted molar refractivity (Wildman–Crippen MR) is 91.2 cm³/mol. The maximum atomic E-state index is 9.56. The van der Waals surface area contributed by atoms with Crippen LogP contribution in [0.1, 0.15) is 0 Å². The van der Waals surface area contributed by atoms with Crippen LogP contribution in [-0.4, -0.2) is 64.8 Å². The summed E-state index contributed by atoms with van der Waals surface area (Å²) in [7, 11) is 0. The third kappa shape index (κ3) is 7.25. The molecule has 126 valence electrons. The van der Waals surface area contributed by atoms with E-state index in [-0.39, 0.29) is 19.8 Å². The van der Waals surface area contributed by atoms with Gasteiger partial charge in [-0.1, -0.05) is 48.5 Å². The Bertz CT molecular complexity index is 519. The second-order valence-corrected chi connectivity index (χ2v) is 4.90. The fraction of sp³-hybridized carbons (Fsp3) is 0.333. The molecule has 0 amide bonds. The molecule has 2 rings (SSSR count). The highest BCUT2D eigenvalue weighted by Crippen LogP contribution is 2.27. The molecule has 0 aliphatic rings. The number of rotatable bonds is 7. The van der Waals surface area contributed by atoms with E-state index in [0.717, 1.165) is 11.1 Å². The van der Waals surface area contributed by atoms with Crippen LogP contribution in [0.4, 0.5) is 0 Å². The zero-order chi connectivity index (χ0) is 16.9. The van der Waals surface area contributed by atoms with Crippen molar-refractivity contribution in [1.82, 2.24) is 4.90 Å². The third-order valence-corrected chi connectivity index (χ3v) is 3.24. The molecule has 23 heavy (non-hydrogen) atoms. The minimum Gasteiger partial charge on any atom is -0.507 e. The van der Waals surface area contributed by atoms with Crippen molar-refractivity contribution in [2.24, 2.45) is 0 Å². The molecule has 0 bridgehead atoms. The number of phenols is 1. The summed E-state index contributed by atoms with van der Waals surface area (Å²) in [6.07, 6.45) is 0. The van der Waals surface area contributed by atoms with E-state index in [1.165, 1.54) is 0 Å². The van der Waals surface area contributed by atoms with E-state index in [2.05, 4.69) is 0 Å². The number of nitrogens with zero attached hydrogens (tertiary/aromatic N) is 1. The molecule has 4 N–H and O–H groups in total. The summed E-state index contributed by atoms with van der Waals surface area (Å²) in [5.41, 5.74) is 1.92. The molecule has 0 spiro atoms. The first-order valence-corrected chi connectivity index (χ1v) is 7.61. The first-order valence-electron chi connectivity index (χ1n) is 7.61. The molecule has 0 unspecified atom stereocenters. The lowest BCUT2D eigenvalue weighted by Crippen LogP contribution is -2.32. The lowest BCUT2D eigenvalue weighted by atomic mass is 10.1. The van der Waals surface area contributed by atoms with Gasteiger partial charge in [0, 0.05) is 25.2 Å². The van der Waals surface area contributed by atoms with Crippen LogP contribution in [0.3, 0.4) is 0 Å². The lowest BCUT2D eigenvalue weighted by molar-refractivity contribution is 0.136. The van der Waals surface area contributed by atoms with Gasteiger partial charge in [0.15, 0.2) is 0 Å². The van der Waals surface area contributed by atoms with Crippen molar-refractivity contribution in [1.29, 1.82) is 0 Å². The summed E-state index contributed by atoms with van der Waals surface area (Å²) < 4.78 is 0. The second kappa shape index (κ2) is 11.6. The van der Waals surface area contributed by atoms with Gasteiger partial charge in [0.2, 0.25) is 0 Å². The van der Waals surface area contributed by atoms with Crippen molar-refractivity contribution >= 4 is 0 Å². The molecule has 2 aromatic carbocycles. The molecule has 5 heteroatoms. The van der Waals surface area contributed by atoms with Crippen molar-refractivity contribution in [2.75, 3.05) is 39.5 Å². The van der Waals surface area contributed by atoms with Gasteiger partial charge in [-0.05, 0) is 11.6 Å². The Balaban J connectivity index is 0.000000241. The highest BCUT2D eigenvalue weighted by molar-refractivity contribution is 5.69. The second-order valence-electron chi connectivity index (χ2n) is 4.90. The average molecular weight is 319 g/mol. The van der Waals surface area contributed by atoms with Gasteiger partial charge >= 0.3 is 0 Å². The normalized spacial score (nSPS) is 10.3. The Kier molecular flexibility index (Phi) is 9.66. The van der Waals surface area contributed by atoms with Crippen LogP contribution < -0.4 is 0 Å². The van der Waals surface area contributed by atoms with Crippen LogP contribution in [0, 0.1) is 0 Å². The van der Waals surface area contributed by atoms with Crippen molar-refractivity contribution in [3.8, 4) is 16.9 Å². The number of hydrogen-bond donors (Lipinski definition) is 4. The zero-order valence-electron chi connectivity index (χ0n) is 13.2. The maximum Gasteiger partial charge on any atom is 0.123 e. The smallest absolute Gasteiger partial charge is 0.123 e. The van der Waals surface area contributed by atoms with Crippen molar-refractivity contribution in [2.45, 2.75) is 0 Å². The van der Waals surface area contributed by atoms with Gasteiger partial charge in [-0.3, -0.25) is 4.90 Å². The van der Waals surface area contributed by atoms with Gasteiger partial charge in [-0.15, -0.1) is 0 Å². The van der Waals surface area contributed by atoms with Crippen molar-refractivity contribution in [3.05, 3.63) is 54.6 Å². The molecule has 0 atom stereocenters. The summed E-state index contributed by atoms with van der Waals surface area (Å²) in [4.78, 5) is 1.79. The van der Waals surface area contributed by atoms with Gasteiger partial charge in [0.25, 0.3) is 0 Å². The first kappa shape index (κ1) is 19.1. The summed E-state index contributed by atoms with van der Waals surface area (Å²) in [6.45, 7) is 1.75. The molecule has 0 radical (unpaired) electrons. The Labute approximate surface area is 137 Å². The monoisotopic (exact) mass is 319 g/mol. The molecule has 5 nitrogen and oxygen atoms in total. The highest BCUT2D eigenvalue weighted by Gasteiger charge is 2.01. The van der Waals surface area contributed by atoms with Crippen LogP contribution in [0.25, 0.3) is 11.1 Å². The highest BCUT2D eigenvalue weighted by atomic mass is 16.3. The standard InChI is InChI=1S/C12H10O.C6H15NO3/c13-12-9-5-4-8-11(12)10-6-2-1-3-7-10;8-4-1-7(2-5-9)3-6-10/h1-9,13H;8-10H,1-6H2. The number of aromatic hydroxyl groups is 1. The van der Waals surface area contributed by atoms with Gasteiger partial charge in [-0.25, -0.2) is 0 Å². The lowest BCUT2D eigenvalue weighted by Gasteiger charge is -2.17. The van der Waals surface area contributed by atoms with Crippen LogP contribution in [0.5, 0.6) is 5.75 Å². The van der Waals surface area contributed by atoms with E-state index in [9.17, 15) is 5.11 Å². The minimum absolute atomic E-state index is 0.0694. The Morgan fingerprint density at radius 3 is 1.61 bits per heavy atom. The molecule has 2 aromatic rings. The van der Waals surface area contributed by atoms with Crippen LogP contribution in [-0.2, 0) is 0 Å².